The number of hydrogen-bond donors (Lipinski definition) is 2. The highest BCUT2D eigenvalue weighted by Crippen LogP contribution is 2.31. The van der Waals surface area contributed by atoms with Crippen molar-refractivity contribution in [3.05, 3.63) is 65.6 Å². The molecule has 1 amide bonds. The number of aromatic nitrogens is 1. The van der Waals surface area contributed by atoms with Crippen LogP contribution in [-0.4, -0.2) is 24.5 Å². The minimum Gasteiger partial charge on any atom is -0.496 e. The Labute approximate surface area is 152 Å². The van der Waals surface area contributed by atoms with Crippen LogP contribution in [0.4, 0.5) is 4.39 Å². The first-order valence-electron chi connectivity index (χ1n) is 8.61. The van der Waals surface area contributed by atoms with Crippen molar-refractivity contribution in [1.29, 1.82) is 0 Å². The van der Waals surface area contributed by atoms with Gasteiger partial charge in [-0.3, -0.25) is 4.79 Å². The Morgan fingerprint density at radius 2 is 2.00 bits per heavy atom. The van der Waals surface area contributed by atoms with E-state index in [9.17, 15) is 9.18 Å². The van der Waals surface area contributed by atoms with Crippen molar-refractivity contribution in [2.75, 3.05) is 13.7 Å². The lowest BCUT2D eigenvalue weighted by Crippen LogP contribution is -2.40. The summed E-state index contributed by atoms with van der Waals surface area (Å²) in [5, 5.41) is 3.72. The summed E-state index contributed by atoms with van der Waals surface area (Å²) in [6.07, 6.45) is 2.46. The predicted octanol–water partition coefficient (Wildman–Crippen LogP) is 3.95. The number of aromatic amines is 1. The van der Waals surface area contributed by atoms with Gasteiger partial charge in [0.25, 0.3) is 0 Å². The zero-order valence-corrected chi connectivity index (χ0v) is 15.2. The number of para-hydroxylation sites is 1. The summed E-state index contributed by atoms with van der Waals surface area (Å²) in [6, 6.07) is 12.3. The molecule has 26 heavy (non-hydrogen) atoms. The molecule has 4 nitrogen and oxygen atoms in total. The third-order valence-corrected chi connectivity index (χ3v) is 4.76. The first-order valence-corrected chi connectivity index (χ1v) is 8.61. The summed E-state index contributed by atoms with van der Waals surface area (Å²) < 4.78 is 19.0. The molecule has 2 aromatic carbocycles. The minimum atomic E-state index is -0.785. The molecule has 136 valence electrons. The van der Waals surface area contributed by atoms with Crippen LogP contribution in [0.3, 0.4) is 0 Å². The fraction of sp³-hybridized carbons (Fsp3) is 0.286. The van der Waals surface area contributed by atoms with Gasteiger partial charge >= 0.3 is 0 Å². The van der Waals surface area contributed by atoms with E-state index >= 15 is 0 Å². The molecule has 2 N–H and O–H groups in total. The van der Waals surface area contributed by atoms with Crippen LogP contribution in [0.5, 0.6) is 5.75 Å². The monoisotopic (exact) mass is 354 g/mol. The molecule has 0 fully saturated rings. The van der Waals surface area contributed by atoms with Gasteiger partial charge in [-0.25, -0.2) is 4.39 Å². The maximum absolute atomic E-state index is 13.6. The third-order valence-electron chi connectivity index (χ3n) is 4.76. The maximum Gasteiger partial charge on any atom is 0.230 e. The molecule has 5 heteroatoms. The number of H-pyrrole nitrogens is 1. The molecule has 0 unspecified atom stereocenters. The molecule has 0 atom stereocenters. The molecule has 1 heterocycles. The van der Waals surface area contributed by atoms with E-state index in [1.165, 1.54) is 12.1 Å². The lowest BCUT2D eigenvalue weighted by molar-refractivity contribution is -0.125. The second-order valence-corrected chi connectivity index (χ2v) is 6.84. The summed E-state index contributed by atoms with van der Waals surface area (Å²) in [7, 11) is 1.64. The summed E-state index contributed by atoms with van der Waals surface area (Å²) in [5.74, 6) is 0.399. The van der Waals surface area contributed by atoms with Gasteiger partial charge in [-0.2, -0.15) is 0 Å². The van der Waals surface area contributed by atoms with Gasteiger partial charge in [0, 0.05) is 23.6 Å². The van der Waals surface area contributed by atoms with Gasteiger partial charge in [0.1, 0.15) is 11.6 Å². The molecule has 3 aromatic rings. The van der Waals surface area contributed by atoms with Crippen LogP contribution in [-0.2, 0) is 16.6 Å². The maximum atomic E-state index is 13.6. The molecule has 0 bridgehead atoms. The highest BCUT2D eigenvalue weighted by Gasteiger charge is 2.32. The predicted molar refractivity (Wildman–Crippen MR) is 101 cm³/mol. The molecular formula is C21H23FN2O2. The average Bonchev–Trinajstić information content (AvgIpc) is 3.05. The molecule has 0 aliphatic carbocycles. The topological polar surface area (TPSA) is 54.1 Å². The molecule has 0 saturated heterocycles. The van der Waals surface area contributed by atoms with Crippen LogP contribution in [0.2, 0.25) is 0 Å². The van der Waals surface area contributed by atoms with E-state index in [2.05, 4.69) is 10.3 Å². The van der Waals surface area contributed by atoms with E-state index in [-0.39, 0.29) is 11.7 Å². The van der Waals surface area contributed by atoms with Gasteiger partial charge in [-0.05, 0) is 55.7 Å². The van der Waals surface area contributed by atoms with Crippen molar-refractivity contribution in [3.63, 3.8) is 0 Å². The molecule has 0 aliphatic rings. The standard InChI is InChI=1S/C21H23FN2O2/c1-21(2,17-13-24-18-9-8-15(22)12-16(17)18)20(25)23-11-10-14-6-4-5-7-19(14)26-3/h4-9,12-13,24H,10-11H2,1-3H3,(H,23,25). The zero-order valence-electron chi connectivity index (χ0n) is 15.2. The highest BCUT2D eigenvalue weighted by molar-refractivity contribution is 5.94. The van der Waals surface area contributed by atoms with Crippen LogP contribution in [0.1, 0.15) is 25.0 Å². The third kappa shape index (κ3) is 3.43. The molecule has 0 radical (unpaired) electrons. The number of halogens is 1. The number of carbonyl (C=O) groups is 1. The molecule has 0 spiro atoms. The van der Waals surface area contributed by atoms with Crippen molar-refractivity contribution in [3.8, 4) is 5.75 Å². The largest absolute Gasteiger partial charge is 0.496 e. The highest BCUT2D eigenvalue weighted by atomic mass is 19.1. The first kappa shape index (κ1) is 18.0. The number of benzene rings is 2. The number of amides is 1. The van der Waals surface area contributed by atoms with E-state index in [1.807, 2.05) is 38.1 Å². The molecular weight excluding hydrogens is 331 g/mol. The van der Waals surface area contributed by atoms with Crippen LogP contribution in [0, 0.1) is 5.82 Å². The Morgan fingerprint density at radius 3 is 2.77 bits per heavy atom. The Bertz CT molecular complexity index is 931. The second kappa shape index (κ2) is 7.20. The van der Waals surface area contributed by atoms with Crippen molar-refractivity contribution in [2.45, 2.75) is 25.7 Å². The minimum absolute atomic E-state index is 0.0995. The average molecular weight is 354 g/mol. The number of rotatable bonds is 6. The van der Waals surface area contributed by atoms with Crippen molar-refractivity contribution in [1.82, 2.24) is 10.3 Å². The van der Waals surface area contributed by atoms with Crippen molar-refractivity contribution < 1.29 is 13.9 Å². The smallest absolute Gasteiger partial charge is 0.230 e. The van der Waals surface area contributed by atoms with E-state index in [0.29, 0.717) is 13.0 Å². The first-order chi connectivity index (χ1) is 12.4. The van der Waals surface area contributed by atoms with E-state index < -0.39 is 5.41 Å². The normalized spacial score (nSPS) is 11.5. The Hall–Kier alpha value is -2.82. The molecule has 1 aromatic heterocycles. The number of ether oxygens (including phenoxy) is 1. The van der Waals surface area contributed by atoms with Crippen molar-refractivity contribution >= 4 is 16.8 Å². The Balaban J connectivity index is 1.72. The van der Waals surface area contributed by atoms with Gasteiger partial charge in [-0.15, -0.1) is 0 Å². The quantitative estimate of drug-likeness (QED) is 0.704. The van der Waals surface area contributed by atoms with Gasteiger partial charge in [0.05, 0.1) is 12.5 Å². The van der Waals surface area contributed by atoms with Gasteiger partial charge < -0.3 is 15.0 Å². The fourth-order valence-electron chi connectivity index (χ4n) is 3.17. The number of hydrogen-bond acceptors (Lipinski definition) is 2. The van der Waals surface area contributed by atoms with Crippen LogP contribution in [0.25, 0.3) is 10.9 Å². The van der Waals surface area contributed by atoms with Crippen LogP contribution in [0.15, 0.2) is 48.7 Å². The van der Waals surface area contributed by atoms with Crippen LogP contribution < -0.4 is 10.1 Å². The second-order valence-electron chi connectivity index (χ2n) is 6.84. The lowest BCUT2D eigenvalue weighted by atomic mass is 9.83. The van der Waals surface area contributed by atoms with Gasteiger partial charge in [0.15, 0.2) is 0 Å². The van der Waals surface area contributed by atoms with Gasteiger partial charge in [0.2, 0.25) is 5.91 Å². The molecule has 3 rings (SSSR count). The number of methoxy groups -OCH3 is 1. The number of fused-ring (bicyclic) bond motifs is 1. The van der Waals surface area contributed by atoms with Crippen molar-refractivity contribution in [2.24, 2.45) is 0 Å². The number of nitrogens with one attached hydrogen (secondary N) is 2. The van der Waals surface area contributed by atoms with E-state index in [1.54, 1.807) is 19.4 Å². The van der Waals surface area contributed by atoms with Gasteiger partial charge in [-0.1, -0.05) is 18.2 Å². The fourth-order valence-corrected chi connectivity index (χ4v) is 3.17. The van der Waals surface area contributed by atoms with E-state index in [4.69, 9.17) is 4.74 Å². The lowest BCUT2D eigenvalue weighted by Gasteiger charge is -2.23. The van der Waals surface area contributed by atoms with E-state index in [0.717, 1.165) is 27.8 Å². The summed E-state index contributed by atoms with van der Waals surface area (Å²) >= 11 is 0. The molecule has 0 aliphatic heterocycles. The summed E-state index contributed by atoms with van der Waals surface area (Å²) in [6.45, 7) is 4.19. The summed E-state index contributed by atoms with van der Waals surface area (Å²) in [4.78, 5) is 15.9. The number of carbonyl (C=O) groups excluding carboxylic acids is 1. The molecule has 0 saturated carbocycles. The Morgan fingerprint density at radius 1 is 1.23 bits per heavy atom. The summed E-state index contributed by atoms with van der Waals surface area (Å²) in [5.41, 5.74) is 1.85. The zero-order chi connectivity index (χ0) is 18.7. The Kier molecular flexibility index (Phi) is 4.98. The SMILES string of the molecule is COc1ccccc1CCNC(=O)C(C)(C)c1c[nH]c2ccc(F)cc12. The van der Waals surface area contributed by atoms with Crippen LogP contribution >= 0.6 is 0 Å².